The van der Waals surface area contributed by atoms with Gasteiger partial charge in [-0.3, -0.25) is 4.72 Å². The van der Waals surface area contributed by atoms with Gasteiger partial charge in [-0.15, -0.1) is 0 Å². The third-order valence-electron chi connectivity index (χ3n) is 3.07. The highest BCUT2D eigenvalue weighted by molar-refractivity contribution is 7.92. The monoisotopic (exact) mass is 337 g/mol. The number of nitrogens with one attached hydrogen (secondary N) is 1. The molecule has 0 spiro atoms. The van der Waals surface area contributed by atoms with Crippen LogP contribution in [0.15, 0.2) is 48.5 Å². The number of hydrogen-bond donors (Lipinski definition) is 1. The first-order valence-corrected chi connectivity index (χ1v) is 9.01. The molecular weight excluding hydrogens is 317 g/mol. The molecule has 0 aliphatic heterocycles. The summed E-state index contributed by atoms with van der Waals surface area (Å²) in [7, 11) is -3.54. The molecular formula is C17H20FNO3S. The van der Waals surface area contributed by atoms with Crippen molar-refractivity contribution in [1.29, 1.82) is 0 Å². The summed E-state index contributed by atoms with van der Waals surface area (Å²) >= 11 is 0. The van der Waals surface area contributed by atoms with Crippen LogP contribution in [-0.4, -0.2) is 20.3 Å². The van der Waals surface area contributed by atoms with E-state index in [0.29, 0.717) is 6.42 Å². The van der Waals surface area contributed by atoms with Gasteiger partial charge in [-0.25, -0.2) is 12.8 Å². The number of hydrogen-bond acceptors (Lipinski definition) is 3. The molecule has 0 saturated heterocycles. The van der Waals surface area contributed by atoms with Crippen LogP contribution in [0.5, 0.6) is 5.75 Å². The van der Waals surface area contributed by atoms with Crippen molar-refractivity contribution in [1.82, 2.24) is 0 Å². The topological polar surface area (TPSA) is 55.4 Å². The van der Waals surface area contributed by atoms with Crippen molar-refractivity contribution in [3.63, 3.8) is 0 Å². The van der Waals surface area contributed by atoms with Crippen LogP contribution in [-0.2, 0) is 16.4 Å². The molecule has 4 nitrogen and oxygen atoms in total. The Bertz CT molecular complexity index is 746. The predicted molar refractivity (Wildman–Crippen MR) is 89.7 cm³/mol. The summed E-state index contributed by atoms with van der Waals surface area (Å²) in [4.78, 5) is 0. The van der Waals surface area contributed by atoms with E-state index in [1.54, 1.807) is 13.8 Å². The molecule has 6 heteroatoms. The number of ether oxygens (including phenoxy) is 1. The van der Waals surface area contributed by atoms with Gasteiger partial charge in [0.05, 0.1) is 17.5 Å². The second kappa shape index (κ2) is 7.46. The average Bonchev–Trinajstić information content (AvgIpc) is 2.49. The van der Waals surface area contributed by atoms with Crippen LogP contribution >= 0.6 is 0 Å². The molecule has 0 unspecified atom stereocenters. The van der Waals surface area contributed by atoms with E-state index in [-0.39, 0.29) is 23.3 Å². The number of benzene rings is 2. The molecule has 1 N–H and O–H groups in total. The molecule has 0 heterocycles. The van der Waals surface area contributed by atoms with Gasteiger partial charge in [0.1, 0.15) is 0 Å². The average molecular weight is 337 g/mol. The highest BCUT2D eigenvalue weighted by Gasteiger charge is 2.13. The van der Waals surface area contributed by atoms with Gasteiger partial charge >= 0.3 is 0 Å². The first kappa shape index (κ1) is 17.3. The molecule has 124 valence electrons. The normalized spacial score (nSPS) is 11.5. The molecule has 0 aromatic heterocycles. The Balaban J connectivity index is 2.01. The van der Waals surface area contributed by atoms with Crippen molar-refractivity contribution in [2.75, 3.05) is 10.5 Å². The summed E-state index contributed by atoms with van der Waals surface area (Å²) in [5.41, 5.74) is 1.12. The molecule has 2 aromatic rings. The molecule has 0 atom stereocenters. The first-order chi connectivity index (χ1) is 10.9. The lowest BCUT2D eigenvalue weighted by molar-refractivity contribution is 0.231. The standard InChI is InChI=1S/C17H20FNO3S/c1-13(2)22-17-9-8-15(12-16(17)18)19-23(20,21)11-10-14-6-4-3-5-7-14/h3-9,12-13,19H,10-11H2,1-2H3. The van der Waals surface area contributed by atoms with Crippen molar-refractivity contribution in [2.24, 2.45) is 0 Å². The second-order valence-electron chi connectivity index (χ2n) is 5.47. The lowest BCUT2D eigenvalue weighted by atomic mass is 10.2. The van der Waals surface area contributed by atoms with Gasteiger partial charge in [-0.05, 0) is 38.0 Å². The van der Waals surface area contributed by atoms with Crippen LogP contribution in [0, 0.1) is 5.82 Å². The zero-order valence-electron chi connectivity index (χ0n) is 13.1. The van der Waals surface area contributed by atoms with Crippen molar-refractivity contribution in [2.45, 2.75) is 26.4 Å². The van der Waals surface area contributed by atoms with Crippen molar-refractivity contribution >= 4 is 15.7 Å². The zero-order valence-corrected chi connectivity index (χ0v) is 13.9. The Morgan fingerprint density at radius 3 is 2.43 bits per heavy atom. The third kappa shape index (κ3) is 5.56. The Labute approximate surface area is 136 Å². The van der Waals surface area contributed by atoms with Crippen molar-refractivity contribution in [3.8, 4) is 5.75 Å². The quantitative estimate of drug-likeness (QED) is 0.840. The number of halogens is 1. The van der Waals surface area contributed by atoms with Crippen LogP contribution in [0.2, 0.25) is 0 Å². The van der Waals surface area contributed by atoms with Gasteiger partial charge < -0.3 is 4.74 Å². The van der Waals surface area contributed by atoms with Gasteiger partial charge in [0.15, 0.2) is 11.6 Å². The fourth-order valence-electron chi connectivity index (χ4n) is 2.04. The Hall–Kier alpha value is -2.08. The minimum absolute atomic E-state index is 0.0666. The minimum atomic E-state index is -3.54. The number of anilines is 1. The molecule has 0 saturated carbocycles. The second-order valence-corrected chi connectivity index (χ2v) is 7.31. The van der Waals surface area contributed by atoms with Crippen LogP contribution in [0.25, 0.3) is 0 Å². The lowest BCUT2D eigenvalue weighted by Crippen LogP contribution is -2.18. The summed E-state index contributed by atoms with van der Waals surface area (Å²) in [6, 6.07) is 13.4. The highest BCUT2D eigenvalue weighted by Crippen LogP contribution is 2.23. The van der Waals surface area contributed by atoms with Gasteiger partial charge in [0.25, 0.3) is 0 Å². The van der Waals surface area contributed by atoms with Crippen LogP contribution in [0.4, 0.5) is 10.1 Å². The molecule has 2 aromatic carbocycles. The van der Waals surface area contributed by atoms with Gasteiger partial charge in [-0.2, -0.15) is 0 Å². The number of sulfonamides is 1. The van der Waals surface area contributed by atoms with E-state index in [1.807, 2.05) is 30.3 Å². The van der Waals surface area contributed by atoms with E-state index in [9.17, 15) is 12.8 Å². The first-order valence-electron chi connectivity index (χ1n) is 7.36. The van der Waals surface area contributed by atoms with E-state index in [1.165, 1.54) is 12.1 Å². The van der Waals surface area contributed by atoms with Crippen LogP contribution < -0.4 is 9.46 Å². The molecule has 0 radical (unpaired) electrons. The molecule has 23 heavy (non-hydrogen) atoms. The number of rotatable bonds is 7. The molecule has 0 aliphatic rings. The van der Waals surface area contributed by atoms with Crippen LogP contribution in [0.1, 0.15) is 19.4 Å². The largest absolute Gasteiger partial charge is 0.488 e. The maximum absolute atomic E-state index is 13.9. The molecule has 0 bridgehead atoms. The molecule has 0 amide bonds. The SMILES string of the molecule is CC(C)Oc1ccc(NS(=O)(=O)CCc2ccccc2)cc1F. The van der Waals surface area contributed by atoms with E-state index >= 15 is 0 Å². The predicted octanol–water partition coefficient (Wildman–Crippen LogP) is 3.60. The highest BCUT2D eigenvalue weighted by atomic mass is 32.2. The van der Waals surface area contributed by atoms with E-state index in [4.69, 9.17) is 4.74 Å². The summed E-state index contributed by atoms with van der Waals surface area (Å²) in [5, 5.41) is 0. The summed E-state index contributed by atoms with van der Waals surface area (Å²) in [6.45, 7) is 3.58. The molecule has 0 aliphatic carbocycles. The van der Waals surface area contributed by atoms with Gasteiger partial charge in [-0.1, -0.05) is 30.3 Å². The van der Waals surface area contributed by atoms with Crippen molar-refractivity contribution in [3.05, 3.63) is 59.9 Å². The molecule has 0 fully saturated rings. The maximum atomic E-state index is 13.9. The summed E-state index contributed by atoms with van der Waals surface area (Å²) < 4.78 is 45.7. The Morgan fingerprint density at radius 1 is 1.13 bits per heavy atom. The van der Waals surface area contributed by atoms with Gasteiger partial charge in [0.2, 0.25) is 10.0 Å². The smallest absolute Gasteiger partial charge is 0.233 e. The van der Waals surface area contributed by atoms with E-state index in [0.717, 1.165) is 11.6 Å². The summed E-state index contributed by atoms with van der Waals surface area (Å²) in [6.07, 6.45) is 0.241. The fourth-order valence-corrected chi connectivity index (χ4v) is 3.13. The molecule has 2 rings (SSSR count). The summed E-state index contributed by atoms with van der Waals surface area (Å²) in [5.74, 6) is -0.558. The van der Waals surface area contributed by atoms with Crippen LogP contribution in [0.3, 0.4) is 0 Å². The van der Waals surface area contributed by atoms with E-state index < -0.39 is 15.8 Å². The number of aryl methyl sites for hydroxylation is 1. The Morgan fingerprint density at radius 2 is 1.83 bits per heavy atom. The van der Waals surface area contributed by atoms with Crippen molar-refractivity contribution < 1.29 is 17.5 Å². The Kier molecular flexibility index (Phi) is 5.60. The third-order valence-corrected chi connectivity index (χ3v) is 4.36. The zero-order chi connectivity index (χ0) is 16.9. The maximum Gasteiger partial charge on any atom is 0.233 e. The fraction of sp³-hybridized carbons (Fsp3) is 0.294. The lowest BCUT2D eigenvalue weighted by Gasteiger charge is -2.12. The van der Waals surface area contributed by atoms with Gasteiger partial charge in [0, 0.05) is 6.07 Å². The minimum Gasteiger partial charge on any atom is -0.488 e. The van der Waals surface area contributed by atoms with E-state index in [2.05, 4.69) is 4.72 Å².